The molecular formula is C11H11ClF3N3O. The monoisotopic (exact) mass is 293 g/mol. The Hall–Kier alpha value is -1.34. The first-order chi connectivity index (χ1) is 8.82. The SMILES string of the molecule is NCC1CC(=O)N(c2ncc(C(F)(F)F)cc2Cl)C1. The number of nitrogens with two attached hydrogens (primary N) is 1. The minimum atomic E-state index is -4.51. The van der Waals surface area contributed by atoms with Crippen molar-refractivity contribution in [1.29, 1.82) is 0 Å². The molecule has 19 heavy (non-hydrogen) atoms. The average Bonchev–Trinajstić information content (AvgIpc) is 2.69. The zero-order valence-corrected chi connectivity index (χ0v) is 10.5. The lowest BCUT2D eigenvalue weighted by atomic mass is 10.1. The number of amides is 1. The summed E-state index contributed by atoms with van der Waals surface area (Å²) in [4.78, 5) is 16.7. The van der Waals surface area contributed by atoms with Gasteiger partial charge in [0.15, 0.2) is 5.82 Å². The summed E-state index contributed by atoms with van der Waals surface area (Å²) in [7, 11) is 0. The number of aromatic nitrogens is 1. The molecule has 1 saturated heterocycles. The van der Waals surface area contributed by atoms with E-state index in [0.29, 0.717) is 19.3 Å². The van der Waals surface area contributed by atoms with Gasteiger partial charge in [0.25, 0.3) is 0 Å². The highest BCUT2D eigenvalue weighted by atomic mass is 35.5. The Morgan fingerprint density at radius 2 is 2.21 bits per heavy atom. The molecule has 1 atom stereocenters. The van der Waals surface area contributed by atoms with Gasteiger partial charge in [-0.25, -0.2) is 4.98 Å². The van der Waals surface area contributed by atoms with Gasteiger partial charge in [0.1, 0.15) is 0 Å². The van der Waals surface area contributed by atoms with E-state index in [1.165, 1.54) is 4.90 Å². The molecule has 2 rings (SSSR count). The Kier molecular flexibility index (Phi) is 3.69. The molecule has 8 heteroatoms. The largest absolute Gasteiger partial charge is 0.417 e. The number of alkyl halides is 3. The van der Waals surface area contributed by atoms with Crippen LogP contribution in [0, 0.1) is 5.92 Å². The smallest absolute Gasteiger partial charge is 0.330 e. The Morgan fingerprint density at radius 3 is 2.68 bits per heavy atom. The molecular weight excluding hydrogens is 283 g/mol. The lowest BCUT2D eigenvalue weighted by Gasteiger charge is -2.17. The number of rotatable bonds is 2. The molecule has 104 valence electrons. The minimum Gasteiger partial charge on any atom is -0.330 e. The van der Waals surface area contributed by atoms with E-state index in [4.69, 9.17) is 17.3 Å². The van der Waals surface area contributed by atoms with Crippen molar-refractivity contribution >= 4 is 23.3 Å². The summed E-state index contributed by atoms with van der Waals surface area (Å²) in [6, 6.07) is 0.771. The van der Waals surface area contributed by atoms with E-state index in [1.807, 2.05) is 0 Å². The molecule has 1 amide bonds. The van der Waals surface area contributed by atoms with Crippen LogP contribution in [0.3, 0.4) is 0 Å². The van der Waals surface area contributed by atoms with Crippen molar-refractivity contribution in [3.63, 3.8) is 0 Å². The summed E-state index contributed by atoms with van der Waals surface area (Å²) in [5, 5.41) is -0.194. The van der Waals surface area contributed by atoms with Gasteiger partial charge in [-0.15, -0.1) is 0 Å². The van der Waals surface area contributed by atoms with E-state index in [9.17, 15) is 18.0 Å². The molecule has 2 heterocycles. The van der Waals surface area contributed by atoms with Crippen molar-refractivity contribution in [3.05, 3.63) is 22.8 Å². The standard InChI is InChI=1S/C11H11ClF3N3O/c12-8-2-7(11(13,14)15)4-17-10(8)18-5-6(3-16)1-9(18)19/h2,4,6H,1,3,5,16H2. The molecule has 1 aliphatic heterocycles. The van der Waals surface area contributed by atoms with Gasteiger partial charge in [0.05, 0.1) is 10.6 Å². The third-order valence-electron chi connectivity index (χ3n) is 2.94. The summed E-state index contributed by atoms with van der Waals surface area (Å²) < 4.78 is 37.4. The fraction of sp³-hybridized carbons (Fsp3) is 0.455. The molecule has 0 aromatic carbocycles. The van der Waals surface area contributed by atoms with Gasteiger partial charge in [0, 0.05) is 19.2 Å². The van der Waals surface area contributed by atoms with Crippen molar-refractivity contribution < 1.29 is 18.0 Å². The number of hydrogen-bond donors (Lipinski definition) is 1. The average molecular weight is 294 g/mol. The zero-order chi connectivity index (χ0) is 14.2. The molecule has 1 aliphatic rings. The maximum absolute atomic E-state index is 12.5. The van der Waals surface area contributed by atoms with Gasteiger partial charge in [-0.3, -0.25) is 9.69 Å². The van der Waals surface area contributed by atoms with Gasteiger partial charge in [0.2, 0.25) is 5.91 Å². The molecule has 1 aromatic rings. The van der Waals surface area contributed by atoms with Crippen molar-refractivity contribution in [1.82, 2.24) is 4.98 Å². The van der Waals surface area contributed by atoms with Crippen molar-refractivity contribution in [2.75, 3.05) is 18.0 Å². The number of pyridine rings is 1. The number of carbonyl (C=O) groups is 1. The summed E-state index contributed by atoms with van der Waals surface area (Å²) in [5.74, 6) is -0.201. The fourth-order valence-corrected chi connectivity index (χ4v) is 2.20. The van der Waals surface area contributed by atoms with E-state index in [1.54, 1.807) is 0 Å². The van der Waals surface area contributed by atoms with Crippen LogP contribution in [0.25, 0.3) is 0 Å². The van der Waals surface area contributed by atoms with Crippen LogP contribution in [-0.2, 0) is 11.0 Å². The van der Waals surface area contributed by atoms with Crippen molar-refractivity contribution in [2.24, 2.45) is 11.7 Å². The maximum Gasteiger partial charge on any atom is 0.417 e. The molecule has 4 nitrogen and oxygen atoms in total. The van der Waals surface area contributed by atoms with Crippen LogP contribution < -0.4 is 10.6 Å². The minimum absolute atomic E-state index is 0.0207. The van der Waals surface area contributed by atoms with Gasteiger partial charge >= 0.3 is 6.18 Å². The van der Waals surface area contributed by atoms with Crippen LogP contribution in [0.15, 0.2) is 12.3 Å². The number of carbonyl (C=O) groups excluding carboxylic acids is 1. The molecule has 1 fully saturated rings. The summed E-state index contributed by atoms with van der Waals surface area (Å²) in [6.07, 6.45) is -3.58. The Bertz CT molecular complexity index is 506. The van der Waals surface area contributed by atoms with Gasteiger partial charge in [-0.1, -0.05) is 11.6 Å². The maximum atomic E-state index is 12.5. The third-order valence-corrected chi connectivity index (χ3v) is 3.22. The van der Waals surface area contributed by atoms with E-state index >= 15 is 0 Å². The van der Waals surface area contributed by atoms with E-state index < -0.39 is 11.7 Å². The van der Waals surface area contributed by atoms with E-state index in [2.05, 4.69) is 4.98 Å². The summed E-state index contributed by atoms with van der Waals surface area (Å²) >= 11 is 5.78. The number of nitrogens with zero attached hydrogens (tertiary/aromatic N) is 2. The molecule has 1 aromatic heterocycles. The van der Waals surface area contributed by atoms with Gasteiger partial charge < -0.3 is 5.73 Å². The van der Waals surface area contributed by atoms with E-state index in [-0.39, 0.29) is 29.1 Å². The highest BCUT2D eigenvalue weighted by molar-refractivity contribution is 6.33. The predicted molar refractivity (Wildman–Crippen MR) is 63.8 cm³/mol. The molecule has 1 unspecified atom stereocenters. The van der Waals surface area contributed by atoms with Crippen LogP contribution in [0.5, 0.6) is 0 Å². The topological polar surface area (TPSA) is 59.2 Å². The fourth-order valence-electron chi connectivity index (χ4n) is 1.93. The first kappa shape index (κ1) is 14.1. The first-order valence-corrected chi connectivity index (χ1v) is 5.94. The molecule has 0 saturated carbocycles. The highest BCUT2D eigenvalue weighted by Crippen LogP contribution is 2.35. The van der Waals surface area contributed by atoms with Crippen molar-refractivity contribution in [3.8, 4) is 0 Å². The molecule has 0 radical (unpaired) electrons. The number of halogens is 4. The van der Waals surface area contributed by atoms with Crippen LogP contribution in [0.4, 0.5) is 19.0 Å². The quantitative estimate of drug-likeness (QED) is 0.908. The van der Waals surface area contributed by atoms with Gasteiger partial charge in [-0.05, 0) is 18.5 Å². The van der Waals surface area contributed by atoms with E-state index in [0.717, 1.165) is 6.07 Å². The Balaban J connectivity index is 2.30. The summed E-state index contributed by atoms with van der Waals surface area (Å²) in [6.45, 7) is 0.661. The van der Waals surface area contributed by atoms with Crippen LogP contribution >= 0.6 is 11.6 Å². The second-order valence-corrected chi connectivity index (χ2v) is 4.74. The zero-order valence-electron chi connectivity index (χ0n) is 9.75. The normalized spacial score (nSPS) is 20.2. The lowest BCUT2D eigenvalue weighted by molar-refractivity contribution is -0.137. The first-order valence-electron chi connectivity index (χ1n) is 5.56. The highest BCUT2D eigenvalue weighted by Gasteiger charge is 2.35. The van der Waals surface area contributed by atoms with Crippen molar-refractivity contribution in [2.45, 2.75) is 12.6 Å². The number of anilines is 1. The molecule has 0 spiro atoms. The third kappa shape index (κ3) is 2.82. The second kappa shape index (κ2) is 4.97. The van der Waals surface area contributed by atoms with Crippen LogP contribution in [-0.4, -0.2) is 24.0 Å². The Labute approximate surface area is 112 Å². The Morgan fingerprint density at radius 1 is 1.53 bits per heavy atom. The number of hydrogen-bond acceptors (Lipinski definition) is 3. The van der Waals surface area contributed by atoms with Gasteiger partial charge in [-0.2, -0.15) is 13.2 Å². The van der Waals surface area contributed by atoms with Crippen LogP contribution in [0.1, 0.15) is 12.0 Å². The lowest BCUT2D eigenvalue weighted by Crippen LogP contribution is -2.27. The molecule has 2 N–H and O–H groups in total. The van der Waals surface area contributed by atoms with Crippen LogP contribution in [0.2, 0.25) is 5.02 Å². The molecule has 0 bridgehead atoms. The predicted octanol–water partition coefficient (Wildman–Crippen LogP) is 2.07. The second-order valence-electron chi connectivity index (χ2n) is 4.34. The summed E-state index contributed by atoms with van der Waals surface area (Å²) in [5.41, 5.74) is 4.53. The molecule has 0 aliphatic carbocycles.